The molecule has 2 aliphatic heterocycles. The predicted molar refractivity (Wildman–Crippen MR) is 40.8 cm³/mol. The summed E-state index contributed by atoms with van der Waals surface area (Å²) in [5.74, 6) is 0.616. The fourth-order valence-corrected chi connectivity index (χ4v) is 1.16. The van der Waals surface area contributed by atoms with Gasteiger partial charge in [0, 0.05) is 17.5 Å². The van der Waals surface area contributed by atoms with Gasteiger partial charge < -0.3 is 5.21 Å². The Labute approximate surface area is 64.2 Å². The van der Waals surface area contributed by atoms with Gasteiger partial charge in [-0.25, -0.2) is 4.98 Å². The molecule has 3 nitrogen and oxygen atoms in total. The smallest absolute Gasteiger partial charge is 0.175 e. The lowest BCUT2D eigenvalue weighted by Gasteiger charge is -2.00. The van der Waals surface area contributed by atoms with Crippen LogP contribution in [0.3, 0.4) is 0 Å². The van der Waals surface area contributed by atoms with Crippen molar-refractivity contribution >= 4 is 0 Å². The second kappa shape index (κ2) is 1.99. The largest absolute Gasteiger partial charge is 0.427 e. The van der Waals surface area contributed by atoms with E-state index >= 15 is 0 Å². The Morgan fingerprint density at radius 3 is 3.09 bits per heavy atom. The lowest BCUT2D eigenvalue weighted by atomic mass is 10.2. The van der Waals surface area contributed by atoms with Crippen molar-refractivity contribution in [2.24, 2.45) is 0 Å². The molecule has 11 heavy (non-hydrogen) atoms. The average molecular weight is 148 g/mol. The van der Waals surface area contributed by atoms with Crippen LogP contribution < -0.4 is 0 Å². The minimum Gasteiger partial charge on any atom is -0.427 e. The van der Waals surface area contributed by atoms with Crippen LogP contribution in [0, 0.1) is 6.92 Å². The Bertz CT molecular complexity index is 353. The van der Waals surface area contributed by atoms with E-state index < -0.39 is 0 Å². The summed E-state index contributed by atoms with van der Waals surface area (Å²) in [6.45, 7) is 1.90. The van der Waals surface area contributed by atoms with Gasteiger partial charge in [-0.3, -0.25) is 0 Å². The van der Waals surface area contributed by atoms with E-state index in [0.717, 1.165) is 16.0 Å². The molecular weight excluding hydrogens is 140 g/mol. The fourth-order valence-electron chi connectivity index (χ4n) is 1.16. The highest BCUT2D eigenvalue weighted by Gasteiger charge is 2.07. The van der Waals surface area contributed by atoms with Gasteiger partial charge in [-0.05, 0) is 25.1 Å². The zero-order valence-electron chi connectivity index (χ0n) is 6.15. The van der Waals surface area contributed by atoms with Gasteiger partial charge in [0.2, 0.25) is 0 Å². The van der Waals surface area contributed by atoms with Crippen molar-refractivity contribution < 1.29 is 5.21 Å². The molecule has 1 N–H and O–H groups in total. The summed E-state index contributed by atoms with van der Waals surface area (Å²) in [5, 5.41) is 9.24. The summed E-state index contributed by atoms with van der Waals surface area (Å²) in [6.07, 6.45) is 1.56. The van der Waals surface area contributed by atoms with Crippen molar-refractivity contribution in [3.8, 4) is 11.4 Å². The van der Waals surface area contributed by atoms with E-state index in [9.17, 15) is 5.21 Å². The van der Waals surface area contributed by atoms with Crippen LogP contribution in [0.4, 0.5) is 0 Å². The van der Waals surface area contributed by atoms with Crippen LogP contribution >= 0.6 is 0 Å². The Morgan fingerprint density at radius 1 is 1.55 bits per heavy atom. The van der Waals surface area contributed by atoms with E-state index in [0.29, 0.717) is 5.82 Å². The quantitative estimate of drug-likeness (QED) is 0.575. The van der Waals surface area contributed by atoms with Gasteiger partial charge in [0.1, 0.15) is 0 Å². The van der Waals surface area contributed by atoms with Crippen molar-refractivity contribution in [2.45, 2.75) is 6.92 Å². The Morgan fingerprint density at radius 2 is 2.36 bits per heavy atom. The van der Waals surface area contributed by atoms with E-state index in [-0.39, 0.29) is 0 Å². The molecule has 0 aromatic heterocycles. The molecule has 0 atom stereocenters. The van der Waals surface area contributed by atoms with Crippen LogP contribution in [0.1, 0.15) is 5.69 Å². The van der Waals surface area contributed by atoms with Crippen LogP contribution in [0.2, 0.25) is 0 Å². The molecule has 0 aromatic carbocycles. The van der Waals surface area contributed by atoms with Gasteiger partial charge in [-0.2, -0.15) is 4.73 Å². The maximum atomic E-state index is 9.24. The van der Waals surface area contributed by atoms with Crippen molar-refractivity contribution in [3.63, 3.8) is 0 Å². The Kier molecular flexibility index (Phi) is 1.12. The molecule has 0 aliphatic carbocycles. The third-order valence-electron chi connectivity index (χ3n) is 1.62. The summed E-state index contributed by atoms with van der Waals surface area (Å²) >= 11 is 0. The molecule has 0 saturated heterocycles. The second-order valence-electron chi connectivity index (χ2n) is 2.53. The first-order valence-corrected chi connectivity index (χ1v) is 3.41. The highest BCUT2D eigenvalue weighted by Crippen LogP contribution is 2.19. The SMILES string of the molecule is Cc1cc2cccn(O)c-2n1. The van der Waals surface area contributed by atoms with Crippen LogP contribution in [0.15, 0.2) is 24.4 Å². The summed E-state index contributed by atoms with van der Waals surface area (Å²) in [4.78, 5) is 4.13. The number of aryl methyl sites for hydroxylation is 1. The van der Waals surface area contributed by atoms with Crippen LogP contribution in [-0.4, -0.2) is 14.9 Å². The molecule has 0 spiro atoms. The van der Waals surface area contributed by atoms with Crippen molar-refractivity contribution in [1.82, 2.24) is 9.71 Å². The van der Waals surface area contributed by atoms with Gasteiger partial charge in [-0.15, -0.1) is 0 Å². The Balaban J connectivity index is 2.78. The molecule has 2 heterocycles. The highest BCUT2D eigenvalue weighted by atomic mass is 16.5. The molecule has 0 saturated carbocycles. The highest BCUT2D eigenvalue weighted by molar-refractivity contribution is 5.58. The number of fused-ring (bicyclic) bond motifs is 1. The number of rotatable bonds is 0. The third kappa shape index (κ3) is 0.852. The number of hydrogen-bond acceptors (Lipinski definition) is 2. The summed E-state index contributed by atoms with van der Waals surface area (Å²) < 4.78 is 1.03. The van der Waals surface area contributed by atoms with Gasteiger partial charge in [-0.1, -0.05) is 0 Å². The zero-order valence-corrected chi connectivity index (χ0v) is 6.15. The van der Waals surface area contributed by atoms with Crippen LogP contribution in [-0.2, 0) is 0 Å². The minimum absolute atomic E-state index is 0.616. The van der Waals surface area contributed by atoms with Gasteiger partial charge in [0.05, 0.1) is 0 Å². The first-order valence-electron chi connectivity index (χ1n) is 3.41. The molecule has 56 valence electrons. The average Bonchev–Trinajstić information content (AvgIpc) is 2.31. The van der Waals surface area contributed by atoms with E-state index in [1.807, 2.05) is 19.1 Å². The molecule has 3 heteroatoms. The zero-order chi connectivity index (χ0) is 7.84. The Hall–Kier alpha value is -1.51. The van der Waals surface area contributed by atoms with E-state index in [1.54, 1.807) is 12.3 Å². The molecule has 0 unspecified atom stereocenters. The molecule has 2 rings (SSSR count). The maximum absolute atomic E-state index is 9.24. The fraction of sp³-hybridized carbons (Fsp3) is 0.125. The number of nitrogens with zero attached hydrogens (tertiary/aromatic N) is 2. The predicted octanol–water partition coefficient (Wildman–Crippen LogP) is 1.53. The monoisotopic (exact) mass is 148 g/mol. The standard InChI is InChI=1S/C8H8N2O/c1-6-5-7-3-2-4-10(11)8(7)9-6/h2-5,11H,1H3. The van der Waals surface area contributed by atoms with E-state index in [1.165, 1.54) is 0 Å². The van der Waals surface area contributed by atoms with E-state index in [4.69, 9.17) is 0 Å². The molecule has 0 aromatic rings. The second-order valence-corrected chi connectivity index (χ2v) is 2.53. The van der Waals surface area contributed by atoms with Crippen molar-refractivity contribution in [2.75, 3.05) is 0 Å². The summed E-state index contributed by atoms with van der Waals surface area (Å²) in [7, 11) is 0. The third-order valence-corrected chi connectivity index (χ3v) is 1.62. The van der Waals surface area contributed by atoms with Gasteiger partial charge >= 0.3 is 0 Å². The molecule has 2 aliphatic rings. The molecule has 0 radical (unpaired) electrons. The number of pyridine rings is 1. The number of aromatic nitrogens is 2. The lowest BCUT2D eigenvalue weighted by Crippen LogP contribution is -1.96. The van der Waals surface area contributed by atoms with Crippen LogP contribution in [0.25, 0.3) is 11.4 Å². The van der Waals surface area contributed by atoms with Crippen LogP contribution in [0.5, 0.6) is 0 Å². The summed E-state index contributed by atoms with van der Waals surface area (Å²) in [5.41, 5.74) is 1.89. The minimum atomic E-state index is 0.616. The molecular formula is C8H8N2O. The normalized spacial score (nSPS) is 10.6. The molecule has 0 fully saturated rings. The summed E-state index contributed by atoms with van der Waals surface area (Å²) in [6, 6.07) is 5.63. The molecule has 0 bridgehead atoms. The lowest BCUT2D eigenvalue weighted by molar-refractivity contribution is 0.186. The van der Waals surface area contributed by atoms with Gasteiger partial charge in [0.25, 0.3) is 0 Å². The topological polar surface area (TPSA) is 38.0 Å². The first-order chi connectivity index (χ1) is 5.27. The van der Waals surface area contributed by atoms with Crippen molar-refractivity contribution in [3.05, 3.63) is 30.1 Å². The molecule has 0 amide bonds. The van der Waals surface area contributed by atoms with Gasteiger partial charge in [0.15, 0.2) is 5.82 Å². The first kappa shape index (κ1) is 6.22. The van der Waals surface area contributed by atoms with E-state index in [2.05, 4.69) is 4.98 Å². The van der Waals surface area contributed by atoms with Crippen molar-refractivity contribution in [1.29, 1.82) is 0 Å². The maximum Gasteiger partial charge on any atom is 0.175 e. The number of hydrogen-bond donors (Lipinski definition) is 1.